The predicted octanol–water partition coefficient (Wildman–Crippen LogP) is 2.39. The van der Waals surface area contributed by atoms with Crippen LogP contribution in [-0.2, 0) is 6.42 Å². The molecule has 0 saturated heterocycles. The van der Waals surface area contributed by atoms with E-state index in [4.69, 9.17) is 9.47 Å². The molecule has 0 spiro atoms. The second kappa shape index (κ2) is 7.59. The third-order valence-electron chi connectivity index (χ3n) is 3.28. The van der Waals surface area contributed by atoms with Gasteiger partial charge in [-0.2, -0.15) is 0 Å². The van der Waals surface area contributed by atoms with Crippen LogP contribution in [0, 0.1) is 0 Å². The van der Waals surface area contributed by atoms with Crippen LogP contribution in [0.3, 0.4) is 0 Å². The lowest BCUT2D eigenvalue weighted by atomic mass is 10.0. The first kappa shape index (κ1) is 15.3. The van der Waals surface area contributed by atoms with Gasteiger partial charge in [-0.1, -0.05) is 13.0 Å². The number of aromatic nitrogens is 2. The molecule has 0 aliphatic heterocycles. The Bertz CT molecular complexity index is 561. The number of nitrogens with zero attached hydrogens (tertiary/aromatic N) is 2. The van der Waals surface area contributed by atoms with Gasteiger partial charge in [0.05, 0.1) is 26.0 Å². The second-order valence-electron chi connectivity index (χ2n) is 4.63. The van der Waals surface area contributed by atoms with Gasteiger partial charge in [0.15, 0.2) is 11.5 Å². The summed E-state index contributed by atoms with van der Waals surface area (Å²) in [4.78, 5) is 8.53. The Hall–Kier alpha value is -2.14. The van der Waals surface area contributed by atoms with E-state index >= 15 is 0 Å². The number of hydrogen-bond donors (Lipinski definition) is 1. The summed E-state index contributed by atoms with van der Waals surface area (Å²) in [6.45, 7) is 2.95. The number of hydrogen-bond acceptors (Lipinski definition) is 5. The van der Waals surface area contributed by atoms with Crippen molar-refractivity contribution < 1.29 is 9.47 Å². The van der Waals surface area contributed by atoms with Gasteiger partial charge in [0.2, 0.25) is 0 Å². The smallest absolute Gasteiger partial charge is 0.160 e. The first-order chi connectivity index (χ1) is 10.3. The highest BCUT2D eigenvalue weighted by molar-refractivity contribution is 5.43. The SMILES string of the molecule is CCNC(Cc1ccc(OC)c(OC)c1)c1cnccn1. The van der Waals surface area contributed by atoms with Crippen molar-refractivity contribution in [2.24, 2.45) is 0 Å². The van der Waals surface area contributed by atoms with Crippen LogP contribution in [0.25, 0.3) is 0 Å². The minimum absolute atomic E-state index is 0.127. The molecule has 1 heterocycles. The number of nitrogens with one attached hydrogen (secondary N) is 1. The summed E-state index contributed by atoms with van der Waals surface area (Å²) < 4.78 is 10.6. The molecule has 1 atom stereocenters. The first-order valence-corrected chi connectivity index (χ1v) is 6.98. The Morgan fingerprint density at radius 3 is 2.57 bits per heavy atom. The van der Waals surface area contributed by atoms with Gasteiger partial charge in [-0.05, 0) is 30.7 Å². The van der Waals surface area contributed by atoms with E-state index in [9.17, 15) is 0 Å². The topological polar surface area (TPSA) is 56.3 Å². The number of ether oxygens (including phenoxy) is 2. The zero-order valence-corrected chi connectivity index (χ0v) is 12.7. The van der Waals surface area contributed by atoms with Gasteiger partial charge in [-0.15, -0.1) is 0 Å². The van der Waals surface area contributed by atoms with Crippen LogP contribution in [0.4, 0.5) is 0 Å². The quantitative estimate of drug-likeness (QED) is 0.847. The maximum absolute atomic E-state index is 5.35. The maximum atomic E-state index is 5.35. The van der Waals surface area contributed by atoms with Crippen LogP contribution >= 0.6 is 0 Å². The highest BCUT2D eigenvalue weighted by Gasteiger charge is 2.14. The van der Waals surface area contributed by atoms with Crippen LogP contribution < -0.4 is 14.8 Å². The van der Waals surface area contributed by atoms with Gasteiger partial charge in [-0.25, -0.2) is 0 Å². The zero-order chi connectivity index (χ0) is 15.1. The molecule has 5 heteroatoms. The number of benzene rings is 1. The van der Waals surface area contributed by atoms with E-state index in [0.29, 0.717) is 0 Å². The lowest BCUT2D eigenvalue weighted by Gasteiger charge is -2.18. The van der Waals surface area contributed by atoms with E-state index in [1.54, 1.807) is 32.8 Å². The minimum Gasteiger partial charge on any atom is -0.493 e. The van der Waals surface area contributed by atoms with Crippen molar-refractivity contribution in [3.8, 4) is 11.5 Å². The highest BCUT2D eigenvalue weighted by atomic mass is 16.5. The first-order valence-electron chi connectivity index (χ1n) is 6.98. The summed E-state index contributed by atoms with van der Waals surface area (Å²) in [5, 5.41) is 3.44. The Morgan fingerprint density at radius 1 is 1.14 bits per heavy atom. The molecule has 0 radical (unpaired) electrons. The molecule has 0 aliphatic carbocycles. The molecule has 1 aromatic carbocycles. The summed E-state index contributed by atoms with van der Waals surface area (Å²) in [7, 11) is 3.28. The third-order valence-corrected chi connectivity index (χ3v) is 3.28. The van der Waals surface area contributed by atoms with Crippen LogP contribution in [0.5, 0.6) is 11.5 Å². The lowest BCUT2D eigenvalue weighted by molar-refractivity contribution is 0.354. The van der Waals surface area contributed by atoms with Crippen molar-refractivity contribution in [1.29, 1.82) is 0 Å². The fourth-order valence-corrected chi connectivity index (χ4v) is 2.26. The van der Waals surface area contributed by atoms with Crippen molar-refractivity contribution in [2.45, 2.75) is 19.4 Å². The summed E-state index contributed by atoms with van der Waals surface area (Å²) in [6.07, 6.45) is 6.01. The molecule has 21 heavy (non-hydrogen) atoms. The van der Waals surface area contributed by atoms with Gasteiger partial charge in [-0.3, -0.25) is 9.97 Å². The molecule has 112 valence electrons. The Morgan fingerprint density at radius 2 is 1.95 bits per heavy atom. The average molecular weight is 287 g/mol. The summed E-state index contributed by atoms with van der Waals surface area (Å²) >= 11 is 0. The third kappa shape index (κ3) is 3.92. The maximum Gasteiger partial charge on any atom is 0.160 e. The van der Waals surface area contributed by atoms with Crippen LogP contribution in [0.1, 0.15) is 24.2 Å². The molecule has 5 nitrogen and oxygen atoms in total. The van der Waals surface area contributed by atoms with Crippen molar-refractivity contribution in [3.05, 3.63) is 48.0 Å². The standard InChI is InChI=1S/C16H21N3O2/c1-4-18-13(14-11-17-7-8-19-14)9-12-5-6-15(20-2)16(10-12)21-3/h5-8,10-11,13,18H,4,9H2,1-3H3. The number of methoxy groups -OCH3 is 2. The highest BCUT2D eigenvalue weighted by Crippen LogP contribution is 2.29. The van der Waals surface area contributed by atoms with Crippen molar-refractivity contribution in [2.75, 3.05) is 20.8 Å². The summed E-state index contributed by atoms with van der Waals surface area (Å²) in [5.41, 5.74) is 2.10. The van der Waals surface area contributed by atoms with Crippen molar-refractivity contribution >= 4 is 0 Å². The van der Waals surface area contributed by atoms with Gasteiger partial charge in [0, 0.05) is 18.6 Å². The van der Waals surface area contributed by atoms with Crippen molar-refractivity contribution in [3.63, 3.8) is 0 Å². The van der Waals surface area contributed by atoms with Crippen LogP contribution in [-0.4, -0.2) is 30.7 Å². The molecule has 0 fully saturated rings. The van der Waals surface area contributed by atoms with Gasteiger partial charge < -0.3 is 14.8 Å². The summed E-state index contributed by atoms with van der Waals surface area (Å²) in [6, 6.07) is 6.09. The minimum atomic E-state index is 0.127. The fraction of sp³-hybridized carbons (Fsp3) is 0.375. The van der Waals surface area contributed by atoms with E-state index < -0.39 is 0 Å². The zero-order valence-electron chi connectivity index (χ0n) is 12.7. The molecule has 1 aromatic heterocycles. The van der Waals surface area contributed by atoms with E-state index in [-0.39, 0.29) is 6.04 Å². The van der Waals surface area contributed by atoms with E-state index in [2.05, 4.69) is 22.2 Å². The molecule has 1 unspecified atom stereocenters. The second-order valence-corrected chi connectivity index (χ2v) is 4.63. The van der Waals surface area contributed by atoms with Crippen LogP contribution in [0.15, 0.2) is 36.8 Å². The normalized spacial score (nSPS) is 12.0. The monoisotopic (exact) mass is 287 g/mol. The molecule has 0 amide bonds. The molecule has 1 N–H and O–H groups in total. The van der Waals surface area contributed by atoms with Crippen molar-refractivity contribution in [1.82, 2.24) is 15.3 Å². The molecule has 2 aromatic rings. The fourth-order valence-electron chi connectivity index (χ4n) is 2.26. The molecule has 2 rings (SSSR count). The molecular formula is C16H21N3O2. The van der Waals surface area contributed by atoms with Gasteiger partial charge >= 0.3 is 0 Å². The number of likely N-dealkylation sites (N-methyl/N-ethyl adjacent to an activating group) is 1. The molecular weight excluding hydrogens is 266 g/mol. The summed E-state index contributed by atoms with van der Waals surface area (Å²) in [5.74, 6) is 1.48. The predicted molar refractivity (Wildman–Crippen MR) is 81.7 cm³/mol. The molecule has 0 saturated carbocycles. The van der Waals surface area contributed by atoms with Gasteiger partial charge in [0.25, 0.3) is 0 Å². The molecule has 0 bridgehead atoms. The molecule has 0 aliphatic rings. The lowest BCUT2D eigenvalue weighted by Crippen LogP contribution is -2.24. The van der Waals surface area contributed by atoms with E-state index in [0.717, 1.165) is 35.7 Å². The largest absolute Gasteiger partial charge is 0.493 e. The Balaban J connectivity index is 2.21. The van der Waals surface area contributed by atoms with E-state index in [1.807, 2.05) is 18.2 Å². The van der Waals surface area contributed by atoms with Crippen LogP contribution in [0.2, 0.25) is 0 Å². The van der Waals surface area contributed by atoms with Gasteiger partial charge in [0.1, 0.15) is 0 Å². The van der Waals surface area contributed by atoms with E-state index in [1.165, 1.54) is 0 Å². The average Bonchev–Trinajstić information content (AvgIpc) is 2.55. The number of rotatable bonds is 7. The Kier molecular flexibility index (Phi) is 5.51. The Labute approximate surface area is 125 Å².